The Morgan fingerprint density at radius 3 is 2.83 bits per heavy atom. The Bertz CT molecular complexity index is 989. The molecule has 0 saturated heterocycles. The van der Waals surface area contributed by atoms with E-state index in [1.54, 1.807) is 0 Å². The Labute approximate surface area is 179 Å². The number of rotatable bonds is 11. The summed E-state index contributed by atoms with van der Waals surface area (Å²) in [7, 11) is -1.11. The van der Waals surface area contributed by atoms with Gasteiger partial charge in [0.05, 0.1) is 11.6 Å². The first-order valence-electron chi connectivity index (χ1n) is 10.2. The number of aromatic amines is 1. The molecule has 7 nitrogen and oxygen atoms in total. The summed E-state index contributed by atoms with van der Waals surface area (Å²) >= 11 is 0. The van der Waals surface area contributed by atoms with Gasteiger partial charge in [-0.15, -0.1) is 0 Å². The number of ether oxygens (including phenoxy) is 1. The number of benzene rings is 2. The molecule has 0 radical (unpaired) electrons. The second-order valence-electron chi connectivity index (χ2n) is 7.40. The Kier molecular flexibility index (Phi) is 7.84. The number of anilines is 1. The standard InChI is InChI=1S/C22H30N4O3S/c1-4-30(28)26-17-7-5-6-16(12-17)21(27)14-23-10-11-29-18-8-9-19-20(13-18)24-25-22(19)15(2)3/h5-9,12-13,15,21,23,26-27H,4,10-11,14H2,1-3H3,(H,24,25)/t21-,30?/m0/s1. The van der Waals surface area contributed by atoms with Gasteiger partial charge in [-0.2, -0.15) is 5.10 Å². The summed E-state index contributed by atoms with van der Waals surface area (Å²) in [5.74, 6) is 1.69. The van der Waals surface area contributed by atoms with Gasteiger partial charge in [-0.3, -0.25) is 5.10 Å². The van der Waals surface area contributed by atoms with Crippen LogP contribution in [0.15, 0.2) is 42.5 Å². The predicted molar refractivity (Wildman–Crippen MR) is 122 cm³/mol. The first-order chi connectivity index (χ1) is 14.5. The fraction of sp³-hybridized carbons (Fsp3) is 0.409. The van der Waals surface area contributed by atoms with Crippen LogP contribution in [0.4, 0.5) is 5.69 Å². The maximum absolute atomic E-state index is 11.6. The maximum atomic E-state index is 11.6. The summed E-state index contributed by atoms with van der Waals surface area (Å²) in [6, 6.07) is 13.3. The molecule has 1 heterocycles. The number of H-pyrrole nitrogens is 1. The highest BCUT2D eigenvalue weighted by atomic mass is 32.2. The minimum atomic E-state index is -1.11. The fourth-order valence-electron chi connectivity index (χ4n) is 3.15. The van der Waals surface area contributed by atoms with Crippen LogP contribution in [0, 0.1) is 0 Å². The number of hydrogen-bond acceptors (Lipinski definition) is 5. The van der Waals surface area contributed by atoms with Crippen LogP contribution in [-0.2, 0) is 11.0 Å². The van der Waals surface area contributed by atoms with E-state index < -0.39 is 17.1 Å². The topological polar surface area (TPSA) is 99.3 Å². The number of aliphatic hydroxyl groups excluding tert-OH is 1. The van der Waals surface area contributed by atoms with Crippen molar-refractivity contribution >= 4 is 27.6 Å². The highest BCUT2D eigenvalue weighted by Gasteiger charge is 2.10. The van der Waals surface area contributed by atoms with Crippen LogP contribution in [0.1, 0.15) is 44.1 Å². The van der Waals surface area contributed by atoms with Gasteiger partial charge < -0.3 is 19.9 Å². The summed E-state index contributed by atoms with van der Waals surface area (Å²) in [4.78, 5) is 0. The third-order valence-electron chi connectivity index (χ3n) is 4.78. The maximum Gasteiger partial charge on any atom is 0.121 e. The lowest BCUT2D eigenvalue weighted by atomic mass is 10.1. The summed E-state index contributed by atoms with van der Waals surface area (Å²) in [6.45, 7) is 7.61. The Morgan fingerprint density at radius 2 is 2.07 bits per heavy atom. The zero-order valence-corrected chi connectivity index (χ0v) is 18.5. The summed E-state index contributed by atoms with van der Waals surface area (Å²) < 4.78 is 20.4. The van der Waals surface area contributed by atoms with Crippen LogP contribution in [0.5, 0.6) is 5.75 Å². The first kappa shape index (κ1) is 22.3. The van der Waals surface area contributed by atoms with Crippen LogP contribution >= 0.6 is 0 Å². The molecule has 4 N–H and O–H groups in total. The molecule has 162 valence electrons. The van der Waals surface area contributed by atoms with Crippen molar-refractivity contribution in [1.29, 1.82) is 0 Å². The van der Waals surface area contributed by atoms with Gasteiger partial charge >= 0.3 is 0 Å². The molecule has 0 amide bonds. The number of fused-ring (bicyclic) bond motifs is 1. The highest BCUT2D eigenvalue weighted by Crippen LogP contribution is 2.26. The van der Waals surface area contributed by atoms with Gasteiger partial charge in [0.15, 0.2) is 0 Å². The van der Waals surface area contributed by atoms with Gasteiger partial charge in [-0.25, -0.2) is 4.21 Å². The number of hydrogen-bond donors (Lipinski definition) is 4. The summed E-state index contributed by atoms with van der Waals surface area (Å²) in [5.41, 5.74) is 3.54. The molecular formula is C22H30N4O3S. The van der Waals surface area contributed by atoms with Crippen molar-refractivity contribution in [3.8, 4) is 5.75 Å². The molecule has 0 aliphatic heterocycles. The van der Waals surface area contributed by atoms with E-state index in [1.807, 2.05) is 49.4 Å². The molecule has 2 atom stereocenters. The van der Waals surface area contributed by atoms with Crippen molar-refractivity contribution in [3.05, 3.63) is 53.7 Å². The van der Waals surface area contributed by atoms with E-state index >= 15 is 0 Å². The van der Waals surface area contributed by atoms with Crippen molar-refractivity contribution < 1.29 is 14.1 Å². The molecule has 0 fully saturated rings. The molecule has 0 aliphatic carbocycles. The van der Waals surface area contributed by atoms with Gasteiger partial charge in [0.1, 0.15) is 23.3 Å². The van der Waals surface area contributed by atoms with Gasteiger partial charge in [0.25, 0.3) is 0 Å². The van der Waals surface area contributed by atoms with Crippen molar-refractivity contribution in [2.75, 3.05) is 30.2 Å². The lowest BCUT2D eigenvalue weighted by Crippen LogP contribution is -2.26. The first-order valence-corrected chi connectivity index (χ1v) is 11.5. The molecule has 3 aromatic rings. The van der Waals surface area contributed by atoms with Crippen molar-refractivity contribution in [2.45, 2.75) is 32.8 Å². The number of aliphatic hydroxyl groups is 1. The van der Waals surface area contributed by atoms with Gasteiger partial charge in [0.2, 0.25) is 0 Å². The molecule has 1 unspecified atom stereocenters. The SMILES string of the molecule is CCS(=O)Nc1cccc([C@@H](O)CNCCOc2ccc3c(C(C)C)[nH]nc3c2)c1. The van der Waals surface area contributed by atoms with Crippen LogP contribution in [0.25, 0.3) is 10.9 Å². The smallest absolute Gasteiger partial charge is 0.121 e. The molecule has 8 heteroatoms. The Balaban J connectivity index is 1.44. The van der Waals surface area contributed by atoms with E-state index in [9.17, 15) is 9.32 Å². The van der Waals surface area contributed by atoms with E-state index in [1.165, 1.54) is 0 Å². The average Bonchev–Trinajstić information content (AvgIpc) is 3.17. The van der Waals surface area contributed by atoms with Crippen molar-refractivity contribution in [3.63, 3.8) is 0 Å². The van der Waals surface area contributed by atoms with Gasteiger partial charge in [-0.05, 0) is 35.7 Å². The monoisotopic (exact) mass is 430 g/mol. The zero-order valence-electron chi connectivity index (χ0n) is 17.6. The number of aromatic nitrogens is 2. The van der Waals surface area contributed by atoms with Crippen LogP contribution in [-0.4, -0.2) is 45.0 Å². The fourth-order valence-corrected chi connectivity index (χ4v) is 3.69. The second-order valence-corrected chi connectivity index (χ2v) is 8.87. The van der Waals surface area contributed by atoms with E-state index in [0.717, 1.165) is 33.6 Å². The molecule has 1 aromatic heterocycles. The summed E-state index contributed by atoms with van der Waals surface area (Å²) in [6.07, 6.45) is -0.656. The van der Waals surface area contributed by atoms with E-state index in [2.05, 4.69) is 34.1 Å². The molecule has 0 bridgehead atoms. The average molecular weight is 431 g/mol. The van der Waals surface area contributed by atoms with Crippen molar-refractivity contribution in [1.82, 2.24) is 15.5 Å². The molecule has 0 aliphatic rings. The highest BCUT2D eigenvalue weighted by molar-refractivity contribution is 7.86. The zero-order chi connectivity index (χ0) is 21.5. The largest absolute Gasteiger partial charge is 0.492 e. The summed E-state index contributed by atoms with van der Waals surface area (Å²) in [5, 5.41) is 22.2. The minimum absolute atomic E-state index is 0.391. The normalized spacial score (nSPS) is 13.5. The molecule has 0 spiro atoms. The van der Waals surface area contributed by atoms with E-state index in [0.29, 0.717) is 31.4 Å². The van der Waals surface area contributed by atoms with Crippen molar-refractivity contribution in [2.24, 2.45) is 0 Å². The third-order valence-corrected chi connectivity index (χ3v) is 5.77. The van der Waals surface area contributed by atoms with E-state index in [-0.39, 0.29) is 0 Å². The minimum Gasteiger partial charge on any atom is -0.492 e. The lowest BCUT2D eigenvalue weighted by Gasteiger charge is -2.14. The Hall–Kier alpha value is -2.42. The molecule has 30 heavy (non-hydrogen) atoms. The predicted octanol–water partition coefficient (Wildman–Crippen LogP) is 3.48. The quantitative estimate of drug-likeness (QED) is 0.349. The van der Waals surface area contributed by atoms with E-state index in [4.69, 9.17) is 4.74 Å². The molecule has 3 rings (SSSR count). The van der Waals surface area contributed by atoms with Crippen LogP contribution < -0.4 is 14.8 Å². The molecular weight excluding hydrogens is 400 g/mol. The third kappa shape index (κ3) is 5.81. The molecule has 0 saturated carbocycles. The van der Waals surface area contributed by atoms with Gasteiger partial charge in [0, 0.05) is 41.7 Å². The number of nitrogens with zero attached hydrogens (tertiary/aromatic N) is 1. The van der Waals surface area contributed by atoms with Crippen LogP contribution in [0.3, 0.4) is 0 Å². The second kappa shape index (κ2) is 10.6. The van der Waals surface area contributed by atoms with Crippen LogP contribution in [0.2, 0.25) is 0 Å². The van der Waals surface area contributed by atoms with Gasteiger partial charge in [-0.1, -0.05) is 32.9 Å². The Morgan fingerprint density at radius 1 is 1.23 bits per heavy atom. The lowest BCUT2D eigenvalue weighted by molar-refractivity contribution is 0.172. The number of nitrogens with one attached hydrogen (secondary N) is 3. The molecule has 2 aromatic carbocycles.